The normalized spacial score (nSPS) is 20.8. The zero-order valence-electron chi connectivity index (χ0n) is 12.2. The van der Waals surface area contributed by atoms with Crippen molar-refractivity contribution in [1.82, 2.24) is 10.2 Å². The van der Waals surface area contributed by atoms with Crippen molar-refractivity contribution in [3.8, 4) is 6.07 Å². The number of hydrogen-bond acceptors (Lipinski definition) is 4. The summed E-state index contributed by atoms with van der Waals surface area (Å²) in [6.07, 6.45) is 1.70. The van der Waals surface area contributed by atoms with Gasteiger partial charge in [0.15, 0.2) is 0 Å². The van der Waals surface area contributed by atoms with E-state index in [4.69, 9.17) is 10.00 Å². The lowest BCUT2D eigenvalue weighted by Gasteiger charge is -2.35. The molecular weight excluding hydrogens is 242 g/mol. The van der Waals surface area contributed by atoms with Crippen LogP contribution in [-0.2, 0) is 9.53 Å². The summed E-state index contributed by atoms with van der Waals surface area (Å²) in [6, 6.07) is 2.09. The Morgan fingerprint density at radius 1 is 1.58 bits per heavy atom. The second kappa shape index (κ2) is 7.46. The van der Waals surface area contributed by atoms with Crippen LogP contribution in [0.25, 0.3) is 0 Å². The van der Waals surface area contributed by atoms with E-state index < -0.39 is 0 Å². The zero-order chi connectivity index (χ0) is 14.3. The van der Waals surface area contributed by atoms with Crippen LogP contribution in [0.3, 0.4) is 0 Å². The summed E-state index contributed by atoms with van der Waals surface area (Å²) in [5.41, 5.74) is -0.344. The molecule has 1 saturated heterocycles. The third-order valence-corrected chi connectivity index (χ3v) is 3.42. The number of hydrogen-bond donors (Lipinski definition) is 1. The highest BCUT2D eigenvalue weighted by molar-refractivity contribution is 5.81. The van der Waals surface area contributed by atoms with Gasteiger partial charge in [-0.2, -0.15) is 5.26 Å². The minimum Gasteiger partial charge on any atom is -0.378 e. The molecule has 1 fully saturated rings. The van der Waals surface area contributed by atoms with Crippen LogP contribution in [0.15, 0.2) is 0 Å². The van der Waals surface area contributed by atoms with Gasteiger partial charge >= 0.3 is 0 Å². The largest absolute Gasteiger partial charge is 0.378 e. The van der Waals surface area contributed by atoms with Crippen molar-refractivity contribution < 1.29 is 9.53 Å². The molecule has 1 heterocycles. The van der Waals surface area contributed by atoms with Crippen LogP contribution in [0.4, 0.5) is 0 Å². The van der Waals surface area contributed by atoms with Crippen molar-refractivity contribution in [3.63, 3.8) is 0 Å². The van der Waals surface area contributed by atoms with Crippen molar-refractivity contribution in [2.24, 2.45) is 5.41 Å². The second-order valence-electron chi connectivity index (χ2n) is 5.66. The molecule has 1 atom stereocenters. The van der Waals surface area contributed by atoms with Gasteiger partial charge in [-0.1, -0.05) is 6.92 Å². The van der Waals surface area contributed by atoms with Crippen molar-refractivity contribution in [3.05, 3.63) is 0 Å². The summed E-state index contributed by atoms with van der Waals surface area (Å²) < 4.78 is 5.40. The standard InChI is InChI=1S/C14H25N3O2/c1-4-6-16-13(18)12-10-19-9-8-17(12)7-5-14(2,3)11-15/h12H,4-10H2,1-3H3,(H,16,18). The minimum absolute atomic E-state index is 0.0383. The van der Waals surface area contributed by atoms with E-state index in [1.807, 2.05) is 20.8 Å². The van der Waals surface area contributed by atoms with Gasteiger partial charge in [-0.15, -0.1) is 0 Å². The molecule has 0 bridgehead atoms. The molecule has 1 aliphatic rings. The highest BCUT2D eigenvalue weighted by atomic mass is 16.5. The van der Waals surface area contributed by atoms with E-state index in [0.717, 1.165) is 25.9 Å². The number of carbonyl (C=O) groups is 1. The van der Waals surface area contributed by atoms with Crippen LogP contribution in [0.5, 0.6) is 0 Å². The van der Waals surface area contributed by atoms with Crippen molar-refractivity contribution in [1.29, 1.82) is 5.26 Å². The lowest BCUT2D eigenvalue weighted by atomic mass is 9.91. The van der Waals surface area contributed by atoms with Gasteiger partial charge in [0.2, 0.25) is 5.91 Å². The molecule has 5 heteroatoms. The van der Waals surface area contributed by atoms with Crippen LogP contribution < -0.4 is 5.32 Å². The first-order chi connectivity index (χ1) is 9.00. The third kappa shape index (κ3) is 5.17. The van der Waals surface area contributed by atoms with Gasteiger partial charge in [0.05, 0.1) is 24.7 Å². The Balaban J connectivity index is 2.53. The van der Waals surface area contributed by atoms with E-state index in [-0.39, 0.29) is 17.4 Å². The highest BCUT2D eigenvalue weighted by Crippen LogP contribution is 2.20. The summed E-state index contributed by atoms with van der Waals surface area (Å²) >= 11 is 0. The Morgan fingerprint density at radius 2 is 2.32 bits per heavy atom. The van der Waals surface area contributed by atoms with Crippen LogP contribution in [0.1, 0.15) is 33.6 Å². The topological polar surface area (TPSA) is 65.4 Å². The van der Waals surface area contributed by atoms with E-state index in [2.05, 4.69) is 16.3 Å². The number of nitrogens with zero attached hydrogens (tertiary/aromatic N) is 2. The fourth-order valence-corrected chi connectivity index (χ4v) is 1.99. The predicted octanol–water partition coefficient (Wildman–Crippen LogP) is 1.15. The Labute approximate surface area is 115 Å². The molecule has 108 valence electrons. The molecular formula is C14H25N3O2. The van der Waals surface area contributed by atoms with Gasteiger partial charge in [0.1, 0.15) is 6.04 Å². The van der Waals surface area contributed by atoms with Gasteiger partial charge in [-0.05, 0) is 26.7 Å². The molecule has 1 rings (SSSR count). The third-order valence-electron chi connectivity index (χ3n) is 3.42. The Morgan fingerprint density at radius 3 is 2.95 bits per heavy atom. The maximum absolute atomic E-state index is 12.1. The summed E-state index contributed by atoms with van der Waals surface area (Å²) in [4.78, 5) is 14.2. The minimum atomic E-state index is -0.344. The van der Waals surface area contributed by atoms with Crippen LogP contribution in [0.2, 0.25) is 0 Å². The van der Waals surface area contributed by atoms with Crippen LogP contribution in [0, 0.1) is 16.7 Å². The molecule has 0 radical (unpaired) electrons. The molecule has 0 spiro atoms. The maximum Gasteiger partial charge on any atom is 0.239 e. The quantitative estimate of drug-likeness (QED) is 0.784. The molecule has 0 aromatic carbocycles. The molecule has 1 unspecified atom stereocenters. The summed E-state index contributed by atoms with van der Waals surface area (Å²) in [5, 5.41) is 12.0. The molecule has 0 aromatic rings. The second-order valence-corrected chi connectivity index (χ2v) is 5.66. The van der Waals surface area contributed by atoms with E-state index in [9.17, 15) is 4.79 Å². The fourth-order valence-electron chi connectivity index (χ4n) is 1.99. The SMILES string of the molecule is CCCNC(=O)C1COCCN1CCC(C)(C)C#N. The Kier molecular flexibility index (Phi) is 6.26. The summed E-state index contributed by atoms with van der Waals surface area (Å²) in [6.45, 7) is 9.21. The molecule has 5 nitrogen and oxygen atoms in total. The number of morpholine rings is 1. The fraction of sp³-hybridized carbons (Fsp3) is 0.857. The van der Waals surface area contributed by atoms with E-state index in [1.165, 1.54) is 0 Å². The van der Waals surface area contributed by atoms with E-state index in [1.54, 1.807) is 0 Å². The van der Waals surface area contributed by atoms with Crippen LogP contribution >= 0.6 is 0 Å². The van der Waals surface area contributed by atoms with Gasteiger partial charge in [0.25, 0.3) is 0 Å². The molecule has 1 N–H and O–H groups in total. The molecule has 19 heavy (non-hydrogen) atoms. The predicted molar refractivity (Wildman–Crippen MR) is 73.5 cm³/mol. The number of ether oxygens (including phenoxy) is 1. The zero-order valence-corrected chi connectivity index (χ0v) is 12.2. The number of nitrogens with one attached hydrogen (secondary N) is 1. The van der Waals surface area contributed by atoms with E-state index in [0.29, 0.717) is 19.8 Å². The Hall–Kier alpha value is -1.12. The first-order valence-electron chi connectivity index (χ1n) is 7.01. The van der Waals surface area contributed by atoms with Crippen molar-refractivity contribution in [2.75, 3.05) is 32.8 Å². The van der Waals surface area contributed by atoms with Crippen LogP contribution in [-0.4, -0.2) is 49.7 Å². The van der Waals surface area contributed by atoms with Gasteiger partial charge in [-0.25, -0.2) is 0 Å². The van der Waals surface area contributed by atoms with Crippen molar-refractivity contribution in [2.45, 2.75) is 39.7 Å². The molecule has 0 saturated carbocycles. The molecule has 0 aromatic heterocycles. The number of carbonyl (C=O) groups excluding carboxylic acids is 1. The first kappa shape index (κ1) is 15.9. The number of amides is 1. The summed E-state index contributed by atoms with van der Waals surface area (Å²) in [7, 11) is 0. The van der Waals surface area contributed by atoms with Gasteiger partial charge < -0.3 is 10.1 Å². The number of rotatable bonds is 6. The van der Waals surface area contributed by atoms with Crippen molar-refractivity contribution >= 4 is 5.91 Å². The highest BCUT2D eigenvalue weighted by Gasteiger charge is 2.30. The van der Waals surface area contributed by atoms with Gasteiger partial charge in [0, 0.05) is 19.6 Å². The summed E-state index contributed by atoms with van der Waals surface area (Å²) in [5.74, 6) is 0.0383. The molecule has 1 aliphatic heterocycles. The molecule has 1 amide bonds. The lowest BCUT2D eigenvalue weighted by Crippen LogP contribution is -2.54. The number of nitriles is 1. The average molecular weight is 267 g/mol. The Bertz CT molecular complexity index is 336. The molecule has 0 aliphatic carbocycles. The lowest BCUT2D eigenvalue weighted by molar-refractivity contribution is -0.132. The van der Waals surface area contributed by atoms with Gasteiger partial charge in [-0.3, -0.25) is 9.69 Å². The maximum atomic E-state index is 12.1. The average Bonchev–Trinajstić information content (AvgIpc) is 2.43. The first-order valence-corrected chi connectivity index (χ1v) is 7.01. The smallest absolute Gasteiger partial charge is 0.239 e. The van der Waals surface area contributed by atoms with E-state index >= 15 is 0 Å². The monoisotopic (exact) mass is 267 g/mol.